The standard InChI is InChI=1S/C26H30Cl2N2O2/c1-26(2,3)32-25(31)29-12-10-22-19(15-29)18-14-17(23-20(27)8-6-9-21(23)28)13-16-7-4-5-11-30(22)24(16)18/h6,8-9,13-14,19,22H,4-5,7,10-12,15H2,1-3H3/t19-,22-/m0/s1. The lowest BCUT2D eigenvalue weighted by Crippen LogP contribution is -2.49. The normalized spacial score (nSPS) is 22.3. The van der Waals surface area contributed by atoms with Gasteiger partial charge in [0.25, 0.3) is 0 Å². The number of hydrogen-bond donors (Lipinski definition) is 0. The van der Waals surface area contributed by atoms with Crippen LogP contribution in [0.25, 0.3) is 11.1 Å². The van der Waals surface area contributed by atoms with Crippen molar-refractivity contribution in [2.75, 3.05) is 24.5 Å². The van der Waals surface area contributed by atoms with Gasteiger partial charge in [0.05, 0.1) is 0 Å². The second-order valence-corrected chi connectivity index (χ2v) is 11.0. The number of fused-ring (bicyclic) bond motifs is 3. The second kappa shape index (κ2) is 8.14. The molecule has 1 saturated heterocycles. The number of likely N-dealkylation sites (tertiary alicyclic amines) is 1. The van der Waals surface area contributed by atoms with E-state index in [1.54, 1.807) is 0 Å². The SMILES string of the molecule is CC(C)(C)OC(=O)N1CC[C@H]2[C@@H](C1)c1cc(-c3c(Cl)cccc3Cl)cc3c1N2CCCC3. The second-order valence-electron chi connectivity index (χ2n) is 10.2. The number of halogens is 2. The van der Waals surface area contributed by atoms with Crippen LogP contribution in [0, 0.1) is 0 Å². The summed E-state index contributed by atoms with van der Waals surface area (Å²) in [6, 6.07) is 10.7. The molecule has 0 unspecified atom stereocenters. The average molecular weight is 473 g/mol. The van der Waals surface area contributed by atoms with Gasteiger partial charge in [-0.15, -0.1) is 0 Å². The van der Waals surface area contributed by atoms with Crippen LogP contribution in [0.3, 0.4) is 0 Å². The van der Waals surface area contributed by atoms with E-state index in [9.17, 15) is 4.79 Å². The van der Waals surface area contributed by atoms with Crippen LogP contribution < -0.4 is 4.90 Å². The summed E-state index contributed by atoms with van der Waals surface area (Å²) < 4.78 is 5.69. The van der Waals surface area contributed by atoms with Crippen LogP contribution in [0.2, 0.25) is 10.0 Å². The third-order valence-corrected chi connectivity index (χ3v) is 7.51. The molecule has 3 aliphatic rings. The van der Waals surface area contributed by atoms with Crippen molar-refractivity contribution in [1.82, 2.24) is 4.90 Å². The molecular weight excluding hydrogens is 443 g/mol. The van der Waals surface area contributed by atoms with E-state index in [2.05, 4.69) is 17.0 Å². The Morgan fingerprint density at radius 1 is 1.09 bits per heavy atom. The number of anilines is 1. The molecule has 1 fully saturated rings. The van der Waals surface area contributed by atoms with Gasteiger partial charge in [-0.1, -0.05) is 29.3 Å². The molecule has 3 aliphatic heterocycles. The zero-order valence-electron chi connectivity index (χ0n) is 19.0. The van der Waals surface area contributed by atoms with E-state index in [1.807, 2.05) is 43.9 Å². The summed E-state index contributed by atoms with van der Waals surface area (Å²) in [4.78, 5) is 17.3. The zero-order chi connectivity index (χ0) is 22.6. The van der Waals surface area contributed by atoms with E-state index >= 15 is 0 Å². The van der Waals surface area contributed by atoms with Gasteiger partial charge in [0.2, 0.25) is 0 Å². The topological polar surface area (TPSA) is 32.8 Å². The number of benzene rings is 2. The molecule has 2 atom stereocenters. The van der Waals surface area contributed by atoms with Crippen LogP contribution >= 0.6 is 23.2 Å². The number of piperidine rings is 1. The number of hydrogen-bond acceptors (Lipinski definition) is 3. The van der Waals surface area contributed by atoms with Crippen molar-refractivity contribution < 1.29 is 9.53 Å². The fraction of sp³-hybridized carbons (Fsp3) is 0.500. The van der Waals surface area contributed by atoms with Gasteiger partial charge in [0.15, 0.2) is 0 Å². The van der Waals surface area contributed by atoms with E-state index < -0.39 is 5.60 Å². The number of carbonyl (C=O) groups is 1. The van der Waals surface area contributed by atoms with Crippen LogP contribution in [-0.4, -0.2) is 42.3 Å². The molecule has 3 heterocycles. The Labute approximate surface area is 200 Å². The Hall–Kier alpha value is -1.91. The number of ether oxygens (including phenoxy) is 1. The lowest BCUT2D eigenvalue weighted by molar-refractivity contribution is 0.0189. The maximum atomic E-state index is 12.8. The lowest BCUT2D eigenvalue weighted by Gasteiger charge is -2.39. The van der Waals surface area contributed by atoms with Crippen molar-refractivity contribution in [2.45, 2.75) is 64.0 Å². The van der Waals surface area contributed by atoms with Gasteiger partial charge in [-0.05, 0) is 87.4 Å². The van der Waals surface area contributed by atoms with Gasteiger partial charge >= 0.3 is 6.09 Å². The summed E-state index contributed by atoms with van der Waals surface area (Å²) in [5.74, 6) is 0.268. The fourth-order valence-corrected chi connectivity index (χ4v) is 6.23. The first kappa shape index (κ1) is 21.9. The summed E-state index contributed by atoms with van der Waals surface area (Å²) in [5, 5.41) is 1.34. The third-order valence-electron chi connectivity index (χ3n) is 6.88. The summed E-state index contributed by atoms with van der Waals surface area (Å²) in [6.07, 6.45) is 4.18. The van der Waals surface area contributed by atoms with E-state index in [0.29, 0.717) is 22.6 Å². The van der Waals surface area contributed by atoms with Crippen LogP contribution in [0.4, 0.5) is 10.5 Å². The quantitative estimate of drug-likeness (QED) is 0.451. The highest BCUT2D eigenvalue weighted by Gasteiger charge is 2.45. The Bertz CT molecular complexity index is 1040. The molecule has 6 heteroatoms. The molecule has 170 valence electrons. The summed E-state index contributed by atoms with van der Waals surface area (Å²) in [7, 11) is 0. The van der Waals surface area contributed by atoms with Crippen LogP contribution in [0.1, 0.15) is 57.1 Å². The lowest BCUT2D eigenvalue weighted by atomic mass is 9.86. The summed E-state index contributed by atoms with van der Waals surface area (Å²) >= 11 is 13.2. The highest BCUT2D eigenvalue weighted by atomic mass is 35.5. The molecule has 0 bridgehead atoms. The molecule has 0 saturated carbocycles. The molecule has 0 aliphatic carbocycles. The van der Waals surface area contributed by atoms with Crippen molar-refractivity contribution in [1.29, 1.82) is 0 Å². The molecule has 5 rings (SSSR count). The van der Waals surface area contributed by atoms with Crippen LogP contribution in [0.5, 0.6) is 0 Å². The predicted molar refractivity (Wildman–Crippen MR) is 131 cm³/mol. The molecule has 0 N–H and O–H groups in total. The largest absolute Gasteiger partial charge is 0.444 e. The zero-order valence-corrected chi connectivity index (χ0v) is 20.5. The van der Waals surface area contributed by atoms with Crippen molar-refractivity contribution in [2.24, 2.45) is 0 Å². The third kappa shape index (κ3) is 3.86. The fourth-order valence-electron chi connectivity index (χ4n) is 5.61. The highest BCUT2D eigenvalue weighted by molar-refractivity contribution is 6.39. The Morgan fingerprint density at radius 3 is 2.56 bits per heavy atom. The maximum absolute atomic E-state index is 12.8. The molecule has 2 aromatic rings. The van der Waals surface area contributed by atoms with E-state index in [0.717, 1.165) is 37.1 Å². The number of carbonyl (C=O) groups excluding carboxylic acids is 1. The van der Waals surface area contributed by atoms with Gasteiger partial charge in [0, 0.05) is 52.9 Å². The van der Waals surface area contributed by atoms with Crippen molar-refractivity contribution in [3.8, 4) is 11.1 Å². The summed E-state index contributed by atoms with van der Waals surface area (Å²) in [5.41, 5.74) is 5.57. The molecule has 0 radical (unpaired) electrons. The highest BCUT2D eigenvalue weighted by Crippen LogP contribution is 2.50. The van der Waals surface area contributed by atoms with Crippen LogP contribution in [-0.2, 0) is 11.2 Å². The number of nitrogens with zero attached hydrogens (tertiary/aromatic N) is 2. The van der Waals surface area contributed by atoms with Crippen molar-refractivity contribution >= 4 is 35.0 Å². The Morgan fingerprint density at radius 2 is 1.84 bits per heavy atom. The van der Waals surface area contributed by atoms with Crippen molar-refractivity contribution in [3.05, 3.63) is 51.5 Å². The molecule has 32 heavy (non-hydrogen) atoms. The Balaban J connectivity index is 1.57. The van der Waals surface area contributed by atoms with Crippen molar-refractivity contribution in [3.63, 3.8) is 0 Å². The minimum atomic E-state index is -0.491. The molecule has 0 aromatic heterocycles. The molecule has 2 aromatic carbocycles. The smallest absolute Gasteiger partial charge is 0.410 e. The molecule has 0 spiro atoms. The maximum Gasteiger partial charge on any atom is 0.410 e. The minimum absolute atomic E-state index is 0.214. The van der Waals surface area contributed by atoms with E-state index in [-0.39, 0.29) is 12.0 Å². The average Bonchev–Trinajstić information content (AvgIpc) is 2.87. The first-order chi connectivity index (χ1) is 15.2. The monoisotopic (exact) mass is 472 g/mol. The van der Waals surface area contributed by atoms with Crippen LogP contribution in [0.15, 0.2) is 30.3 Å². The predicted octanol–water partition coefficient (Wildman–Crippen LogP) is 6.91. The molecule has 4 nitrogen and oxygen atoms in total. The first-order valence-corrected chi connectivity index (χ1v) is 12.3. The van der Waals surface area contributed by atoms with Gasteiger partial charge in [-0.3, -0.25) is 0 Å². The van der Waals surface area contributed by atoms with Gasteiger partial charge < -0.3 is 14.5 Å². The van der Waals surface area contributed by atoms with Gasteiger partial charge in [0.1, 0.15) is 5.60 Å². The summed E-state index contributed by atoms with van der Waals surface area (Å²) in [6.45, 7) is 8.26. The molecular formula is C26H30Cl2N2O2. The van der Waals surface area contributed by atoms with Gasteiger partial charge in [-0.25, -0.2) is 4.79 Å². The molecule has 1 amide bonds. The first-order valence-electron chi connectivity index (χ1n) is 11.6. The number of rotatable bonds is 1. The van der Waals surface area contributed by atoms with E-state index in [4.69, 9.17) is 27.9 Å². The van der Waals surface area contributed by atoms with Gasteiger partial charge in [-0.2, -0.15) is 0 Å². The minimum Gasteiger partial charge on any atom is -0.444 e. The number of amides is 1. The number of aryl methyl sites for hydroxylation is 1. The Kier molecular flexibility index (Phi) is 5.58. The van der Waals surface area contributed by atoms with E-state index in [1.165, 1.54) is 29.7 Å².